The average Bonchev–Trinajstić information content (AvgIpc) is 3.14. The SMILES string of the molecule is CC[C@@H](NC(=O)Cn1c(=O)c(C#N)c2n(c1=O)CCC2)c1ccc(C)cc1. The molecule has 140 valence electrons. The van der Waals surface area contributed by atoms with Gasteiger partial charge >= 0.3 is 5.69 Å². The molecule has 1 amide bonds. The minimum Gasteiger partial charge on any atom is -0.348 e. The third-order valence-corrected chi connectivity index (χ3v) is 4.97. The number of aryl methyl sites for hydroxylation is 1. The molecule has 3 rings (SSSR count). The van der Waals surface area contributed by atoms with Gasteiger partial charge in [-0.25, -0.2) is 9.36 Å². The number of nitriles is 1. The van der Waals surface area contributed by atoms with Crippen LogP contribution >= 0.6 is 0 Å². The van der Waals surface area contributed by atoms with Crippen molar-refractivity contribution in [3.05, 3.63) is 67.5 Å². The minimum atomic E-state index is -0.686. The average molecular weight is 366 g/mol. The van der Waals surface area contributed by atoms with Gasteiger partial charge in [-0.2, -0.15) is 5.26 Å². The van der Waals surface area contributed by atoms with Crippen LogP contribution in [0.2, 0.25) is 0 Å². The number of rotatable bonds is 5. The summed E-state index contributed by atoms with van der Waals surface area (Å²) in [4.78, 5) is 37.6. The van der Waals surface area contributed by atoms with Crippen molar-refractivity contribution in [2.75, 3.05) is 0 Å². The first-order valence-corrected chi connectivity index (χ1v) is 9.08. The first-order valence-electron chi connectivity index (χ1n) is 9.08. The summed E-state index contributed by atoms with van der Waals surface area (Å²) < 4.78 is 2.30. The Balaban J connectivity index is 1.86. The van der Waals surface area contributed by atoms with E-state index in [2.05, 4.69) is 5.32 Å². The van der Waals surface area contributed by atoms with Crippen molar-refractivity contribution in [3.8, 4) is 6.07 Å². The molecule has 1 aliphatic rings. The van der Waals surface area contributed by atoms with Crippen molar-refractivity contribution in [3.63, 3.8) is 0 Å². The first-order chi connectivity index (χ1) is 13.0. The van der Waals surface area contributed by atoms with E-state index in [0.29, 0.717) is 31.5 Å². The van der Waals surface area contributed by atoms with Gasteiger partial charge < -0.3 is 5.32 Å². The fourth-order valence-electron chi connectivity index (χ4n) is 3.49. The van der Waals surface area contributed by atoms with Crippen molar-refractivity contribution in [1.82, 2.24) is 14.5 Å². The van der Waals surface area contributed by atoms with Gasteiger partial charge in [-0.05, 0) is 31.7 Å². The van der Waals surface area contributed by atoms with E-state index in [9.17, 15) is 19.6 Å². The predicted octanol–water partition coefficient (Wildman–Crippen LogP) is 1.40. The number of hydrogen-bond donors (Lipinski definition) is 1. The third kappa shape index (κ3) is 3.56. The quantitative estimate of drug-likeness (QED) is 0.865. The van der Waals surface area contributed by atoms with Crippen molar-refractivity contribution >= 4 is 5.91 Å². The van der Waals surface area contributed by atoms with E-state index in [-0.39, 0.29) is 11.6 Å². The highest BCUT2D eigenvalue weighted by atomic mass is 16.2. The van der Waals surface area contributed by atoms with E-state index in [4.69, 9.17) is 0 Å². The molecule has 0 saturated heterocycles. The Morgan fingerprint density at radius 2 is 2.00 bits per heavy atom. The maximum Gasteiger partial charge on any atom is 0.331 e. The normalized spacial score (nSPS) is 13.7. The highest BCUT2D eigenvalue weighted by molar-refractivity contribution is 5.76. The summed E-state index contributed by atoms with van der Waals surface area (Å²) in [6.07, 6.45) is 1.92. The van der Waals surface area contributed by atoms with Crippen LogP contribution in [-0.2, 0) is 24.3 Å². The molecule has 7 heteroatoms. The molecule has 1 aromatic heterocycles. The van der Waals surface area contributed by atoms with Crippen molar-refractivity contribution < 1.29 is 4.79 Å². The third-order valence-electron chi connectivity index (χ3n) is 4.97. The van der Waals surface area contributed by atoms with E-state index in [0.717, 1.165) is 15.7 Å². The van der Waals surface area contributed by atoms with Gasteiger partial charge in [0, 0.05) is 12.2 Å². The van der Waals surface area contributed by atoms with Gasteiger partial charge in [-0.3, -0.25) is 14.2 Å². The molecule has 0 fully saturated rings. The number of carbonyl (C=O) groups excluding carboxylic acids is 1. The zero-order chi connectivity index (χ0) is 19.6. The number of nitrogens with one attached hydrogen (secondary N) is 1. The molecule has 2 aromatic rings. The Labute approximate surface area is 156 Å². The van der Waals surface area contributed by atoms with Crippen LogP contribution in [0.15, 0.2) is 33.9 Å². The van der Waals surface area contributed by atoms with Crippen molar-refractivity contribution in [2.45, 2.75) is 52.2 Å². The second-order valence-corrected chi connectivity index (χ2v) is 6.80. The molecule has 0 bridgehead atoms. The van der Waals surface area contributed by atoms with E-state index in [1.807, 2.05) is 44.2 Å². The topological polar surface area (TPSA) is 96.9 Å². The summed E-state index contributed by atoms with van der Waals surface area (Å²) in [6.45, 7) is 4.01. The highest BCUT2D eigenvalue weighted by Gasteiger charge is 2.24. The lowest BCUT2D eigenvalue weighted by molar-refractivity contribution is -0.122. The van der Waals surface area contributed by atoms with E-state index >= 15 is 0 Å². The smallest absolute Gasteiger partial charge is 0.331 e. The zero-order valence-corrected chi connectivity index (χ0v) is 15.5. The molecule has 1 atom stereocenters. The second kappa shape index (κ2) is 7.62. The van der Waals surface area contributed by atoms with Crippen molar-refractivity contribution in [1.29, 1.82) is 5.26 Å². The molecule has 1 aliphatic heterocycles. The van der Waals surface area contributed by atoms with Gasteiger partial charge in [-0.15, -0.1) is 0 Å². The largest absolute Gasteiger partial charge is 0.348 e. The summed E-state index contributed by atoms with van der Waals surface area (Å²) in [5, 5.41) is 12.2. The summed E-state index contributed by atoms with van der Waals surface area (Å²) in [7, 11) is 0. The number of benzene rings is 1. The van der Waals surface area contributed by atoms with Crippen molar-refractivity contribution in [2.24, 2.45) is 0 Å². The molecule has 0 spiro atoms. The van der Waals surface area contributed by atoms with Gasteiger partial charge in [0.05, 0.1) is 6.04 Å². The number of carbonyl (C=O) groups is 1. The lowest BCUT2D eigenvalue weighted by Gasteiger charge is -2.18. The maximum atomic E-state index is 12.6. The molecule has 27 heavy (non-hydrogen) atoms. The Hall–Kier alpha value is -3.14. The zero-order valence-electron chi connectivity index (χ0n) is 15.5. The van der Waals surface area contributed by atoms with Crippen LogP contribution in [0, 0.1) is 18.3 Å². The number of fused-ring (bicyclic) bond motifs is 1. The lowest BCUT2D eigenvalue weighted by atomic mass is 10.0. The standard InChI is InChI=1S/C20H22N4O3/c1-3-16(14-8-6-13(2)7-9-14)22-18(25)12-24-19(26)15(11-21)17-5-4-10-23(17)20(24)27/h6-9,16H,3-5,10,12H2,1-2H3,(H,22,25)/t16-/m1/s1. The van der Waals surface area contributed by atoms with Crippen LogP contribution in [0.1, 0.15) is 48.2 Å². The lowest BCUT2D eigenvalue weighted by Crippen LogP contribution is -2.45. The van der Waals surface area contributed by atoms with Gasteiger partial charge in [0.2, 0.25) is 5.91 Å². The van der Waals surface area contributed by atoms with Crippen LogP contribution in [0.3, 0.4) is 0 Å². The highest BCUT2D eigenvalue weighted by Crippen LogP contribution is 2.17. The van der Waals surface area contributed by atoms with Crippen LogP contribution in [0.25, 0.3) is 0 Å². The molecule has 0 saturated carbocycles. The number of aromatic nitrogens is 2. The molecule has 0 aliphatic carbocycles. The van der Waals surface area contributed by atoms with Crippen LogP contribution in [-0.4, -0.2) is 15.0 Å². The van der Waals surface area contributed by atoms with Gasteiger partial charge in [0.1, 0.15) is 18.2 Å². The predicted molar refractivity (Wildman–Crippen MR) is 100 cm³/mol. The fourth-order valence-corrected chi connectivity index (χ4v) is 3.49. The molecule has 1 aromatic carbocycles. The number of amides is 1. The van der Waals surface area contributed by atoms with Crippen LogP contribution < -0.4 is 16.6 Å². The fraction of sp³-hybridized carbons (Fsp3) is 0.400. The molecule has 2 heterocycles. The number of hydrogen-bond acceptors (Lipinski definition) is 4. The molecule has 0 radical (unpaired) electrons. The van der Waals surface area contributed by atoms with Gasteiger partial charge in [-0.1, -0.05) is 36.8 Å². The van der Waals surface area contributed by atoms with Gasteiger partial charge in [0.25, 0.3) is 5.56 Å². The summed E-state index contributed by atoms with van der Waals surface area (Å²) in [6, 6.07) is 9.54. The molecule has 1 N–H and O–H groups in total. The Kier molecular flexibility index (Phi) is 5.26. The summed E-state index contributed by atoms with van der Waals surface area (Å²) >= 11 is 0. The minimum absolute atomic E-state index is 0.0366. The monoisotopic (exact) mass is 366 g/mol. The maximum absolute atomic E-state index is 12.6. The van der Waals surface area contributed by atoms with Crippen LogP contribution in [0.4, 0.5) is 0 Å². The Morgan fingerprint density at radius 3 is 2.63 bits per heavy atom. The molecule has 7 nitrogen and oxygen atoms in total. The van der Waals surface area contributed by atoms with Crippen LogP contribution in [0.5, 0.6) is 0 Å². The Morgan fingerprint density at radius 1 is 1.30 bits per heavy atom. The molecular weight excluding hydrogens is 344 g/mol. The van der Waals surface area contributed by atoms with Gasteiger partial charge in [0.15, 0.2) is 0 Å². The second-order valence-electron chi connectivity index (χ2n) is 6.80. The first kappa shape index (κ1) is 18.6. The van der Waals surface area contributed by atoms with E-state index in [1.165, 1.54) is 4.57 Å². The van der Waals surface area contributed by atoms with E-state index in [1.54, 1.807) is 0 Å². The molecular formula is C20H22N4O3. The summed E-state index contributed by atoms with van der Waals surface area (Å²) in [5.41, 5.74) is 1.33. The number of nitrogens with zero attached hydrogens (tertiary/aromatic N) is 3. The van der Waals surface area contributed by atoms with E-state index < -0.39 is 23.7 Å². The molecule has 0 unspecified atom stereocenters. The Bertz CT molecular complexity index is 1030. The summed E-state index contributed by atoms with van der Waals surface area (Å²) in [5.74, 6) is -0.427.